The van der Waals surface area contributed by atoms with Crippen molar-refractivity contribution in [1.29, 1.82) is 0 Å². The van der Waals surface area contributed by atoms with Crippen LogP contribution in [0.4, 0.5) is 0 Å². The van der Waals surface area contributed by atoms with Crippen molar-refractivity contribution in [2.24, 2.45) is 0 Å². The number of aryl methyl sites for hydroxylation is 1. The maximum atomic E-state index is 4.76. The minimum absolute atomic E-state index is 0.220. The number of aromatic nitrogens is 2. The van der Waals surface area contributed by atoms with E-state index in [1.807, 2.05) is 12.3 Å². The van der Waals surface area contributed by atoms with Crippen LogP contribution in [0.2, 0.25) is 0 Å². The first-order valence-electron chi connectivity index (χ1n) is 7.05. The predicted molar refractivity (Wildman–Crippen MR) is 80.4 cm³/mol. The Bertz CT molecular complexity index is 597. The Morgan fingerprint density at radius 3 is 2.90 bits per heavy atom. The van der Waals surface area contributed by atoms with Crippen LogP contribution in [0.15, 0.2) is 36.5 Å². The van der Waals surface area contributed by atoms with E-state index in [0.29, 0.717) is 0 Å². The second-order valence-electron chi connectivity index (χ2n) is 5.38. The van der Waals surface area contributed by atoms with Gasteiger partial charge in [-0.1, -0.05) is 24.3 Å². The third-order valence-electron chi connectivity index (χ3n) is 3.79. The summed E-state index contributed by atoms with van der Waals surface area (Å²) in [5, 5.41) is 3.49. The van der Waals surface area contributed by atoms with Gasteiger partial charge in [0, 0.05) is 31.4 Å². The van der Waals surface area contributed by atoms with Gasteiger partial charge in [0.2, 0.25) is 0 Å². The molecule has 3 rings (SSSR count). The second-order valence-corrected chi connectivity index (χ2v) is 5.38. The fourth-order valence-corrected chi connectivity index (χ4v) is 2.62. The molecule has 2 aromatic rings. The number of hydrogen-bond donors (Lipinski definition) is 1. The number of benzene rings is 1. The first-order valence-corrected chi connectivity index (χ1v) is 7.05. The summed E-state index contributed by atoms with van der Waals surface area (Å²) in [5.74, 6) is 0.886. The Labute approximate surface area is 119 Å². The lowest BCUT2D eigenvalue weighted by Crippen LogP contribution is -2.44. The molecule has 0 radical (unpaired) electrons. The van der Waals surface area contributed by atoms with Crippen LogP contribution in [0.3, 0.4) is 0 Å². The molecule has 1 aromatic carbocycles. The summed E-state index contributed by atoms with van der Waals surface area (Å²) in [6.07, 6.45) is 1.86. The van der Waals surface area contributed by atoms with E-state index in [9.17, 15) is 0 Å². The number of likely N-dealkylation sites (N-methyl/N-ethyl adjacent to an activating group) is 1. The van der Waals surface area contributed by atoms with Crippen LogP contribution in [-0.4, -0.2) is 41.5 Å². The lowest BCUT2D eigenvalue weighted by Gasteiger charge is -2.29. The molecule has 4 heteroatoms. The molecule has 0 aliphatic carbocycles. The molecule has 1 fully saturated rings. The summed E-state index contributed by atoms with van der Waals surface area (Å²) >= 11 is 0. The Hall–Kier alpha value is -1.78. The first kappa shape index (κ1) is 13.2. The zero-order valence-electron chi connectivity index (χ0n) is 12.0. The van der Waals surface area contributed by atoms with E-state index in [2.05, 4.69) is 53.4 Å². The summed E-state index contributed by atoms with van der Waals surface area (Å²) < 4.78 is 0. The van der Waals surface area contributed by atoms with Crippen molar-refractivity contribution in [2.45, 2.75) is 13.0 Å². The van der Waals surface area contributed by atoms with Gasteiger partial charge in [0.15, 0.2) is 0 Å². The molecule has 1 N–H and O–H groups in total. The van der Waals surface area contributed by atoms with Crippen LogP contribution < -0.4 is 5.32 Å². The molecule has 0 saturated carbocycles. The van der Waals surface area contributed by atoms with E-state index < -0.39 is 0 Å². The predicted octanol–water partition coefficient (Wildman–Crippen LogP) is 2.03. The van der Waals surface area contributed by atoms with Gasteiger partial charge in [-0.05, 0) is 25.6 Å². The minimum Gasteiger partial charge on any atom is -0.305 e. The van der Waals surface area contributed by atoms with Gasteiger partial charge in [0.1, 0.15) is 5.82 Å². The molecule has 4 nitrogen and oxygen atoms in total. The van der Waals surface area contributed by atoms with Crippen LogP contribution in [0.25, 0.3) is 11.3 Å². The van der Waals surface area contributed by atoms with Crippen molar-refractivity contribution in [3.05, 3.63) is 47.9 Å². The SMILES string of the molecule is Cc1ccccc1-c1ccnc(C2CN(C)CCN2)n1. The van der Waals surface area contributed by atoms with Crippen LogP contribution in [-0.2, 0) is 0 Å². The fourth-order valence-electron chi connectivity index (χ4n) is 2.62. The molecule has 2 heterocycles. The van der Waals surface area contributed by atoms with E-state index in [1.165, 1.54) is 11.1 Å². The van der Waals surface area contributed by atoms with Crippen LogP contribution in [0.5, 0.6) is 0 Å². The van der Waals surface area contributed by atoms with Gasteiger partial charge in [0.25, 0.3) is 0 Å². The van der Waals surface area contributed by atoms with E-state index in [0.717, 1.165) is 31.2 Å². The normalized spacial score (nSPS) is 20.0. The van der Waals surface area contributed by atoms with Crippen molar-refractivity contribution >= 4 is 0 Å². The molecular formula is C16H20N4. The lowest BCUT2D eigenvalue weighted by molar-refractivity contribution is 0.235. The highest BCUT2D eigenvalue weighted by molar-refractivity contribution is 5.62. The molecule has 1 aliphatic rings. The number of nitrogens with one attached hydrogen (secondary N) is 1. The Morgan fingerprint density at radius 1 is 1.25 bits per heavy atom. The summed E-state index contributed by atoms with van der Waals surface area (Å²) in [4.78, 5) is 11.5. The molecule has 1 unspecified atom stereocenters. The van der Waals surface area contributed by atoms with Crippen LogP contribution >= 0.6 is 0 Å². The number of hydrogen-bond acceptors (Lipinski definition) is 4. The Morgan fingerprint density at radius 2 is 2.10 bits per heavy atom. The quantitative estimate of drug-likeness (QED) is 0.905. The van der Waals surface area contributed by atoms with Crippen LogP contribution in [0, 0.1) is 6.92 Å². The average Bonchev–Trinajstić information content (AvgIpc) is 2.48. The second kappa shape index (κ2) is 5.69. The lowest BCUT2D eigenvalue weighted by atomic mass is 10.1. The zero-order valence-corrected chi connectivity index (χ0v) is 12.0. The van der Waals surface area contributed by atoms with Crippen molar-refractivity contribution in [1.82, 2.24) is 20.2 Å². The standard InChI is InChI=1S/C16H20N4/c1-12-5-3-4-6-13(12)14-7-8-18-16(19-14)15-11-20(2)10-9-17-15/h3-8,15,17H,9-11H2,1-2H3. The molecule has 1 saturated heterocycles. The van der Waals surface area contributed by atoms with E-state index in [-0.39, 0.29) is 6.04 Å². The summed E-state index contributed by atoms with van der Waals surface area (Å²) in [5.41, 5.74) is 3.43. The van der Waals surface area contributed by atoms with Gasteiger partial charge in [0.05, 0.1) is 11.7 Å². The van der Waals surface area contributed by atoms with Gasteiger partial charge in [-0.3, -0.25) is 0 Å². The van der Waals surface area contributed by atoms with Crippen LogP contribution in [0.1, 0.15) is 17.4 Å². The Kier molecular flexibility index (Phi) is 3.76. The van der Waals surface area contributed by atoms with Crippen molar-refractivity contribution in [2.75, 3.05) is 26.7 Å². The highest BCUT2D eigenvalue weighted by atomic mass is 15.2. The smallest absolute Gasteiger partial charge is 0.147 e. The van der Waals surface area contributed by atoms with Gasteiger partial charge in [-0.15, -0.1) is 0 Å². The monoisotopic (exact) mass is 268 g/mol. The summed E-state index contributed by atoms with van der Waals surface area (Å²) in [6, 6.07) is 10.5. The fraction of sp³-hybridized carbons (Fsp3) is 0.375. The molecule has 0 bridgehead atoms. The summed E-state index contributed by atoms with van der Waals surface area (Å²) in [6.45, 7) is 5.13. The molecule has 1 aromatic heterocycles. The third kappa shape index (κ3) is 2.71. The largest absolute Gasteiger partial charge is 0.305 e. The topological polar surface area (TPSA) is 41.1 Å². The highest BCUT2D eigenvalue weighted by Crippen LogP contribution is 2.22. The maximum absolute atomic E-state index is 4.76. The molecule has 0 spiro atoms. The van der Waals surface area contributed by atoms with Gasteiger partial charge in [-0.25, -0.2) is 9.97 Å². The van der Waals surface area contributed by atoms with Gasteiger partial charge in [-0.2, -0.15) is 0 Å². The minimum atomic E-state index is 0.220. The molecule has 20 heavy (non-hydrogen) atoms. The zero-order chi connectivity index (χ0) is 13.9. The number of piperazine rings is 1. The van der Waals surface area contributed by atoms with Crippen molar-refractivity contribution in [3.8, 4) is 11.3 Å². The van der Waals surface area contributed by atoms with E-state index in [1.54, 1.807) is 0 Å². The molecular weight excluding hydrogens is 248 g/mol. The highest BCUT2D eigenvalue weighted by Gasteiger charge is 2.20. The maximum Gasteiger partial charge on any atom is 0.147 e. The van der Waals surface area contributed by atoms with Crippen molar-refractivity contribution < 1.29 is 0 Å². The third-order valence-corrected chi connectivity index (χ3v) is 3.79. The first-order chi connectivity index (χ1) is 9.74. The van der Waals surface area contributed by atoms with E-state index >= 15 is 0 Å². The Balaban J connectivity index is 1.92. The summed E-state index contributed by atoms with van der Waals surface area (Å²) in [7, 11) is 2.14. The molecule has 0 amide bonds. The van der Waals surface area contributed by atoms with Gasteiger partial charge < -0.3 is 10.2 Å². The molecule has 104 valence electrons. The van der Waals surface area contributed by atoms with Gasteiger partial charge >= 0.3 is 0 Å². The molecule has 1 atom stereocenters. The van der Waals surface area contributed by atoms with E-state index in [4.69, 9.17) is 4.98 Å². The number of nitrogens with zero attached hydrogens (tertiary/aromatic N) is 3. The van der Waals surface area contributed by atoms with Crippen molar-refractivity contribution in [3.63, 3.8) is 0 Å². The number of rotatable bonds is 2. The average molecular weight is 268 g/mol. The molecule has 1 aliphatic heterocycles.